The molecule has 9 nitrogen and oxygen atoms in total. The van der Waals surface area contributed by atoms with Crippen LogP contribution in [0.1, 0.15) is 48.7 Å². The molecule has 0 radical (unpaired) electrons. The molecular weight excluding hydrogens is 447 g/mol. The first kappa shape index (κ1) is 21.7. The van der Waals surface area contributed by atoms with Crippen LogP contribution in [0.2, 0.25) is 0 Å². The second kappa shape index (κ2) is 8.16. The van der Waals surface area contributed by atoms with Crippen LogP contribution in [-0.4, -0.2) is 60.5 Å². The number of carbonyl (C=O) groups is 1. The van der Waals surface area contributed by atoms with Crippen molar-refractivity contribution in [3.05, 3.63) is 60.1 Å². The molecule has 0 spiro atoms. The second-order valence-corrected chi connectivity index (χ2v) is 9.88. The molecule has 4 aromatic rings. The van der Waals surface area contributed by atoms with Crippen LogP contribution in [0.3, 0.4) is 0 Å². The second-order valence-electron chi connectivity index (χ2n) is 9.88. The standard InChI is InChI=1S/C25H27FN8O/c1-25(2)14-27-7-8-34(25)24(35)16-5-6-19(18(26)9-16)31-22-23-28-12-21(17-10-29-30-11-17)33(23)13-20(32-22)15-3-4-15/h5-6,9-13,15,27H,3-4,7-8,14H2,1-2H3,(H,29,30)(H,31,32). The van der Waals surface area contributed by atoms with Gasteiger partial charge in [-0.25, -0.2) is 14.4 Å². The highest BCUT2D eigenvalue weighted by Crippen LogP contribution is 2.40. The fraction of sp³-hybridized carbons (Fsp3) is 0.360. The van der Waals surface area contributed by atoms with Crippen molar-refractivity contribution in [1.82, 2.24) is 34.8 Å². The van der Waals surface area contributed by atoms with Gasteiger partial charge in [-0.1, -0.05) is 0 Å². The highest BCUT2D eigenvalue weighted by Gasteiger charge is 2.34. The van der Waals surface area contributed by atoms with Gasteiger partial charge in [-0.3, -0.25) is 14.3 Å². The number of amides is 1. The van der Waals surface area contributed by atoms with E-state index in [-0.39, 0.29) is 17.1 Å². The van der Waals surface area contributed by atoms with Gasteiger partial charge in [0.25, 0.3) is 5.91 Å². The molecule has 6 rings (SSSR count). The highest BCUT2D eigenvalue weighted by atomic mass is 19.1. The lowest BCUT2D eigenvalue weighted by atomic mass is 9.98. The fourth-order valence-electron chi connectivity index (χ4n) is 4.66. The number of H-pyrrole nitrogens is 1. The minimum Gasteiger partial charge on any atom is -0.335 e. The van der Waals surface area contributed by atoms with Gasteiger partial charge in [0.05, 0.1) is 35.0 Å². The summed E-state index contributed by atoms with van der Waals surface area (Å²) in [6.45, 7) is 6.03. The molecule has 1 saturated carbocycles. The van der Waals surface area contributed by atoms with Gasteiger partial charge in [0.2, 0.25) is 0 Å². The van der Waals surface area contributed by atoms with Gasteiger partial charge < -0.3 is 15.5 Å². The molecule has 4 heterocycles. The number of fused-ring (bicyclic) bond motifs is 1. The fourth-order valence-corrected chi connectivity index (χ4v) is 4.66. The van der Waals surface area contributed by atoms with Crippen molar-refractivity contribution in [3.63, 3.8) is 0 Å². The first-order valence-electron chi connectivity index (χ1n) is 11.9. The van der Waals surface area contributed by atoms with E-state index in [2.05, 4.69) is 25.8 Å². The van der Waals surface area contributed by atoms with Crippen LogP contribution in [0.4, 0.5) is 15.9 Å². The molecule has 1 saturated heterocycles. The summed E-state index contributed by atoms with van der Waals surface area (Å²) in [7, 11) is 0. The van der Waals surface area contributed by atoms with Gasteiger partial charge in [0.15, 0.2) is 11.5 Å². The van der Waals surface area contributed by atoms with Gasteiger partial charge in [-0.15, -0.1) is 0 Å². The monoisotopic (exact) mass is 474 g/mol. The summed E-state index contributed by atoms with van der Waals surface area (Å²) in [5, 5.41) is 13.3. The van der Waals surface area contributed by atoms with E-state index in [9.17, 15) is 4.79 Å². The molecule has 0 atom stereocenters. The quantitative estimate of drug-likeness (QED) is 0.408. The number of aromatic nitrogens is 5. The molecule has 0 bridgehead atoms. The van der Waals surface area contributed by atoms with Crippen LogP contribution < -0.4 is 10.6 Å². The normalized spacial score (nSPS) is 17.6. The predicted molar refractivity (Wildman–Crippen MR) is 130 cm³/mol. The summed E-state index contributed by atoms with van der Waals surface area (Å²) in [6, 6.07) is 4.56. The van der Waals surface area contributed by atoms with Crippen LogP contribution in [0.25, 0.3) is 16.9 Å². The molecule has 1 aliphatic carbocycles. The highest BCUT2D eigenvalue weighted by molar-refractivity contribution is 5.95. The molecule has 3 N–H and O–H groups in total. The molecule has 2 aliphatic rings. The Morgan fingerprint density at radius 1 is 1.26 bits per heavy atom. The largest absolute Gasteiger partial charge is 0.335 e. The SMILES string of the molecule is CC1(C)CNCCN1C(=O)c1ccc(Nc2nc(C3CC3)cn3c(-c4cn[nH]c4)cnc23)c(F)c1. The number of hydrogen-bond acceptors (Lipinski definition) is 6. The van der Waals surface area contributed by atoms with Crippen molar-refractivity contribution < 1.29 is 9.18 Å². The maximum absolute atomic E-state index is 15.2. The van der Waals surface area contributed by atoms with E-state index in [4.69, 9.17) is 4.98 Å². The number of nitrogens with zero attached hydrogens (tertiary/aromatic N) is 5. The third-order valence-corrected chi connectivity index (χ3v) is 6.82. The molecule has 180 valence electrons. The number of halogens is 1. The van der Waals surface area contributed by atoms with Crippen LogP contribution >= 0.6 is 0 Å². The van der Waals surface area contributed by atoms with Crippen LogP contribution in [0.15, 0.2) is 43.0 Å². The summed E-state index contributed by atoms with van der Waals surface area (Å²) in [5.41, 5.74) is 3.55. The number of aromatic amines is 1. The van der Waals surface area contributed by atoms with Crippen LogP contribution in [0.5, 0.6) is 0 Å². The van der Waals surface area contributed by atoms with E-state index in [0.29, 0.717) is 36.0 Å². The summed E-state index contributed by atoms with van der Waals surface area (Å²) in [6.07, 6.45) is 9.48. The number of anilines is 2. The Bertz CT molecular complexity index is 1410. The average molecular weight is 475 g/mol. The summed E-state index contributed by atoms with van der Waals surface area (Å²) in [5.74, 6) is 0.190. The van der Waals surface area contributed by atoms with Gasteiger partial charge in [0, 0.05) is 49.1 Å². The Morgan fingerprint density at radius 3 is 2.83 bits per heavy atom. The number of benzene rings is 1. The van der Waals surface area contributed by atoms with Gasteiger partial charge in [-0.05, 0) is 44.9 Å². The number of nitrogens with one attached hydrogen (secondary N) is 3. The van der Waals surface area contributed by atoms with E-state index in [1.54, 1.807) is 29.4 Å². The zero-order valence-electron chi connectivity index (χ0n) is 19.7. The van der Waals surface area contributed by atoms with Crippen molar-refractivity contribution in [3.8, 4) is 11.3 Å². The van der Waals surface area contributed by atoms with E-state index in [0.717, 1.165) is 36.3 Å². The number of rotatable bonds is 5. The van der Waals surface area contributed by atoms with E-state index < -0.39 is 5.82 Å². The van der Waals surface area contributed by atoms with Crippen molar-refractivity contribution in [1.29, 1.82) is 0 Å². The Morgan fingerprint density at radius 2 is 2.11 bits per heavy atom. The lowest BCUT2D eigenvalue weighted by molar-refractivity contribution is 0.0477. The first-order chi connectivity index (χ1) is 16.9. The maximum atomic E-state index is 15.2. The number of hydrogen-bond donors (Lipinski definition) is 3. The molecule has 1 amide bonds. The molecule has 3 aromatic heterocycles. The Labute approximate surface area is 201 Å². The molecular formula is C25H27FN8O. The summed E-state index contributed by atoms with van der Waals surface area (Å²) in [4.78, 5) is 24.3. The van der Waals surface area contributed by atoms with E-state index >= 15 is 4.39 Å². The molecule has 0 unspecified atom stereocenters. The Balaban J connectivity index is 1.33. The maximum Gasteiger partial charge on any atom is 0.254 e. The number of carbonyl (C=O) groups excluding carboxylic acids is 1. The van der Waals surface area contributed by atoms with Gasteiger partial charge in [0.1, 0.15) is 5.82 Å². The first-order valence-corrected chi connectivity index (χ1v) is 11.9. The number of imidazole rings is 1. The molecule has 1 aliphatic heterocycles. The van der Waals surface area contributed by atoms with E-state index in [1.165, 1.54) is 6.07 Å². The minimum atomic E-state index is -0.512. The molecule has 1 aromatic carbocycles. The van der Waals surface area contributed by atoms with E-state index in [1.807, 2.05) is 30.6 Å². The Hall–Kier alpha value is -3.79. The molecule has 35 heavy (non-hydrogen) atoms. The van der Waals surface area contributed by atoms with Crippen molar-refractivity contribution >= 4 is 23.1 Å². The van der Waals surface area contributed by atoms with Crippen molar-refractivity contribution in [2.45, 2.75) is 38.1 Å². The summed E-state index contributed by atoms with van der Waals surface area (Å²) < 4.78 is 17.2. The summed E-state index contributed by atoms with van der Waals surface area (Å²) >= 11 is 0. The van der Waals surface area contributed by atoms with Crippen LogP contribution in [0, 0.1) is 5.82 Å². The smallest absolute Gasteiger partial charge is 0.254 e. The lowest BCUT2D eigenvalue weighted by Crippen LogP contribution is -2.59. The molecule has 2 fully saturated rings. The third kappa shape index (κ3) is 3.93. The topological polar surface area (TPSA) is 103 Å². The Kier molecular flexibility index (Phi) is 5.06. The molecule has 10 heteroatoms. The minimum absolute atomic E-state index is 0.170. The van der Waals surface area contributed by atoms with Crippen molar-refractivity contribution in [2.75, 3.05) is 25.0 Å². The average Bonchev–Trinajstić information content (AvgIpc) is 3.37. The van der Waals surface area contributed by atoms with Gasteiger partial charge in [-0.2, -0.15) is 5.10 Å². The lowest BCUT2D eigenvalue weighted by Gasteiger charge is -2.42. The predicted octanol–water partition coefficient (Wildman–Crippen LogP) is 3.70. The third-order valence-electron chi connectivity index (χ3n) is 6.82. The zero-order chi connectivity index (χ0) is 24.2. The van der Waals surface area contributed by atoms with Crippen molar-refractivity contribution in [2.24, 2.45) is 0 Å². The zero-order valence-corrected chi connectivity index (χ0v) is 19.7. The number of piperazine rings is 1. The van der Waals surface area contributed by atoms with Crippen LogP contribution in [-0.2, 0) is 0 Å². The van der Waals surface area contributed by atoms with Gasteiger partial charge >= 0.3 is 0 Å².